The number of amides is 1. The molecule has 0 aliphatic carbocycles. The number of carbonyl (C=O) groups is 1. The third-order valence-electron chi connectivity index (χ3n) is 3.11. The van der Waals surface area contributed by atoms with Crippen molar-refractivity contribution in [2.24, 2.45) is 5.10 Å². The SMILES string of the molecule is O=C(N/N=C/c1coc2ccccc2c1=O)c1ccccc1. The summed E-state index contributed by atoms with van der Waals surface area (Å²) in [5.41, 5.74) is 3.45. The number of para-hydroxylation sites is 1. The van der Waals surface area contributed by atoms with Gasteiger partial charge in [0, 0.05) is 5.56 Å². The average molecular weight is 292 g/mol. The first-order valence-corrected chi connectivity index (χ1v) is 6.65. The maximum atomic E-state index is 12.2. The lowest BCUT2D eigenvalue weighted by atomic mass is 10.2. The van der Waals surface area contributed by atoms with Crippen molar-refractivity contribution in [3.8, 4) is 0 Å². The van der Waals surface area contributed by atoms with E-state index in [1.807, 2.05) is 6.07 Å². The molecule has 0 unspecified atom stereocenters. The number of nitrogens with zero attached hydrogens (tertiary/aromatic N) is 1. The number of carbonyl (C=O) groups excluding carboxylic acids is 1. The Morgan fingerprint density at radius 3 is 2.59 bits per heavy atom. The van der Waals surface area contributed by atoms with E-state index in [9.17, 15) is 9.59 Å². The molecular formula is C17H12N2O3. The molecule has 5 nitrogen and oxygen atoms in total. The second-order valence-electron chi connectivity index (χ2n) is 4.58. The van der Waals surface area contributed by atoms with Crippen molar-refractivity contribution in [1.29, 1.82) is 0 Å². The Bertz CT molecular complexity index is 898. The highest BCUT2D eigenvalue weighted by atomic mass is 16.3. The smallest absolute Gasteiger partial charge is 0.271 e. The normalized spacial score (nSPS) is 10.9. The number of rotatable bonds is 3. The summed E-state index contributed by atoms with van der Waals surface area (Å²) >= 11 is 0. The number of hydrogen-bond donors (Lipinski definition) is 1. The molecule has 0 fully saturated rings. The molecule has 1 N–H and O–H groups in total. The Balaban J connectivity index is 1.80. The molecule has 0 spiro atoms. The lowest BCUT2D eigenvalue weighted by molar-refractivity contribution is 0.0955. The molecule has 2 aromatic carbocycles. The van der Waals surface area contributed by atoms with E-state index in [1.54, 1.807) is 48.5 Å². The molecule has 108 valence electrons. The first-order valence-electron chi connectivity index (χ1n) is 6.65. The van der Waals surface area contributed by atoms with Crippen molar-refractivity contribution in [2.75, 3.05) is 0 Å². The van der Waals surface area contributed by atoms with Crippen LogP contribution in [0.3, 0.4) is 0 Å². The summed E-state index contributed by atoms with van der Waals surface area (Å²) < 4.78 is 5.36. The van der Waals surface area contributed by atoms with Crippen molar-refractivity contribution < 1.29 is 9.21 Å². The second-order valence-corrected chi connectivity index (χ2v) is 4.58. The second kappa shape index (κ2) is 6.05. The van der Waals surface area contributed by atoms with E-state index in [1.165, 1.54) is 12.5 Å². The van der Waals surface area contributed by atoms with E-state index in [0.717, 1.165) is 0 Å². The molecule has 0 bridgehead atoms. The van der Waals surface area contributed by atoms with Crippen molar-refractivity contribution >= 4 is 23.1 Å². The van der Waals surface area contributed by atoms with Crippen LogP contribution in [-0.2, 0) is 0 Å². The minimum atomic E-state index is -0.345. The van der Waals surface area contributed by atoms with Gasteiger partial charge in [-0.3, -0.25) is 9.59 Å². The fraction of sp³-hybridized carbons (Fsp3) is 0. The zero-order valence-electron chi connectivity index (χ0n) is 11.5. The molecule has 3 aromatic rings. The van der Waals surface area contributed by atoms with Crippen molar-refractivity contribution in [2.45, 2.75) is 0 Å². The van der Waals surface area contributed by atoms with Crippen LogP contribution in [0.2, 0.25) is 0 Å². The standard InChI is InChI=1S/C17H12N2O3/c20-16-13(11-22-15-9-5-4-8-14(15)16)10-18-19-17(21)12-6-2-1-3-7-12/h1-11H,(H,19,21)/b18-10+. The first-order chi connectivity index (χ1) is 10.8. The van der Waals surface area contributed by atoms with E-state index < -0.39 is 0 Å². The minimum Gasteiger partial charge on any atom is -0.463 e. The molecule has 0 saturated carbocycles. The van der Waals surface area contributed by atoms with E-state index in [0.29, 0.717) is 16.5 Å². The van der Waals surface area contributed by atoms with Gasteiger partial charge in [0.1, 0.15) is 11.8 Å². The van der Waals surface area contributed by atoms with Crippen LogP contribution in [0, 0.1) is 0 Å². The number of benzene rings is 2. The highest BCUT2D eigenvalue weighted by Crippen LogP contribution is 2.09. The van der Waals surface area contributed by atoms with Crippen LogP contribution in [-0.4, -0.2) is 12.1 Å². The van der Waals surface area contributed by atoms with Crippen LogP contribution < -0.4 is 10.9 Å². The molecule has 3 rings (SSSR count). The Morgan fingerprint density at radius 1 is 1.05 bits per heavy atom. The van der Waals surface area contributed by atoms with E-state index in [2.05, 4.69) is 10.5 Å². The molecule has 1 aromatic heterocycles. The predicted octanol–water partition coefficient (Wildman–Crippen LogP) is 2.56. The van der Waals surface area contributed by atoms with Gasteiger partial charge in [-0.05, 0) is 24.3 Å². The van der Waals surface area contributed by atoms with Crippen LogP contribution in [0.25, 0.3) is 11.0 Å². The summed E-state index contributed by atoms with van der Waals surface area (Å²) in [5, 5.41) is 4.27. The molecule has 0 saturated heterocycles. The Morgan fingerprint density at radius 2 is 1.77 bits per heavy atom. The van der Waals surface area contributed by atoms with Gasteiger partial charge in [0.25, 0.3) is 5.91 Å². The van der Waals surface area contributed by atoms with Gasteiger partial charge in [-0.15, -0.1) is 0 Å². The first kappa shape index (κ1) is 13.8. The number of nitrogens with one attached hydrogen (secondary N) is 1. The fourth-order valence-corrected chi connectivity index (χ4v) is 2.00. The highest BCUT2D eigenvalue weighted by Gasteiger charge is 2.05. The summed E-state index contributed by atoms with van der Waals surface area (Å²) in [6, 6.07) is 15.6. The van der Waals surface area contributed by atoms with Crippen molar-refractivity contribution in [1.82, 2.24) is 5.43 Å². The van der Waals surface area contributed by atoms with Gasteiger partial charge in [0.05, 0.1) is 17.2 Å². The van der Waals surface area contributed by atoms with Crippen molar-refractivity contribution in [3.63, 3.8) is 0 Å². The largest absolute Gasteiger partial charge is 0.463 e. The maximum absolute atomic E-state index is 12.2. The lowest BCUT2D eigenvalue weighted by Gasteiger charge is -1.99. The minimum absolute atomic E-state index is 0.195. The molecule has 0 radical (unpaired) electrons. The lowest BCUT2D eigenvalue weighted by Crippen LogP contribution is -2.18. The highest BCUT2D eigenvalue weighted by molar-refractivity contribution is 5.95. The molecule has 1 amide bonds. The third kappa shape index (κ3) is 2.78. The maximum Gasteiger partial charge on any atom is 0.271 e. The summed E-state index contributed by atoms with van der Waals surface area (Å²) in [6.45, 7) is 0. The van der Waals surface area contributed by atoms with Crippen LogP contribution >= 0.6 is 0 Å². The van der Waals surface area contributed by atoms with Gasteiger partial charge in [-0.1, -0.05) is 30.3 Å². The van der Waals surface area contributed by atoms with Crippen LogP contribution in [0.1, 0.15) is 15.9 Å². The summed E-state index contributed by atoms with van der Waals surface area (Å²) in [6.07, 6.45) is 2.60. The topological polar surface area (TPSA) is 71.7 Å². The van der Waals surface area contributed by atoms with Crippen LogP contribution in [0.4, 0.5) is 0 Å². The van der Waals surface area contributed by atoms with Crippen molar-refractivity contribution in [3.05, 3.63) is 82.2 Å². The quantitative estimate of drug-likeness (QED) is 0.595. The molecule has 5 heteroatoms. The Labute approximate surface area is 125 Å². The molecule has 0 aliphatic heterocycles. The predicted molar refractivity (Wildman–Crippen MR) is 84.0 cm³/mol. The van der Waals surface area contributed by atoms with Gasteiger partial charge in [-0.25, -0.2) is 5.43 Å². The zero-order chi connectivity index (χ0) is 15.4. The number of hydrogen-bond acceptors (Lipinski definition) is 4. The Kier molecular flexibility index (Phi) is 3.78. The zero-order valence-corrected chi connectivity index (χ0v) is 11.5. The molecule has 1 heterocycles. The number of fused-ring (bicyclic) bond motifs is 1. The van der Waals surface area contributed by atoms with Gasteiger partial charge in [-0.2, -0.15) is 5.10 Å². The van der Waals surface area contributed by atoms with E-state index in [4.69, 9.17) is 4.42 Å². The monoisotopic (exact) mass is 292 g/mol. The Hall–Kier alpha value is -3.21. The van der Waals surface area contributed by atoms with Crippen LogP contribution in [0.5, 0.6) is 0 Å². The summed E-state index contributed by atoms with van der Waals surface area (Å²) in [5.74, 6) is -0.345. The van der Waals surface area contributed by atoms with Gasteiger partial charge >= 0.3 is 0 Å². The molecule has 0 atom stereocenters. The fourth-order valence-electron chi connectivity index (χ4n) is 2.00. The summed E-state index contributed by atoms with van der Waals surface area (Å²) in [4.78, 5) is 24.0. The van der Waals surface area contributed by atoms with Gasteiger partial charge in [0.15, 0.2) is 0 Å². The van der Waals surface area contributed by atoms with Gasteiger partial charge < -0.3 is 4.42 Å². The van der Waals surface area contributed by atoms with Gasteiger partial charge in [0.2, 0.25) is 5.43 Å². The summed E-state index contributed by atoms with van der Waals surface area (Å²) in [7, 11) is 0. The number of hydrazone groups is 1. The molecule has 22 heavy (non-hydrogen) atoms. The van der Waals surface area contributed by atoms with E-state index >= 15 is 0 Å². The van der Waals surface area contributed by atoms with Crippen LogP contribution in [0.15, 0.2) is 75.2 Å². The average Bonchev–Trinajstić information content (AvgIpc) is 2.58. The molecular weight excluding hydrogens is 280 g/mol. The van der Waals surface area contributed by atoms with E-state index in [-0.39, 0.29) is 16.9 Å². The molecule has 0 aliphatic rings. The third-order valence-corrected chi connectivity index (χ3v) is 3.11.